The maximum Gasteiger partial charge on any atom is 0.471 e. The number of alkyl halides is 6. The van der Waals surface area contributed by atoms with E-state index in [9.17, 15) is 26.3 Å². The summed E-state index contributed by atoms with van der Waals surface area (Å²) in [6.45, 7) is 1.77. The monoisotopic (exact) mass is 491 g/mol. The van der Waals surface area contributed by atoms with E-state index in [-0.39, 0.29) is 23.4 Å². The molecule has 0 saturated heterocycles. The van der Waals surface area contributed by atoms with Gasteiger partial charge in [0.05, 0.1) is 28.4 Å². The number of aliphatic imine (C=N–C) groups is 1. The summed E-state index contributed by atoms with van der Waals surface area (Å²) in [5.74, 6) is -1.76. The Labute approximate surface area is 186 Å². The Morgan fingerprint density at radius 2 is 2.00 bits per heavy atom. The number of hydrogen-bond donors (Lipinski definition) is 2. The molecule has 3 rings (SSSR count). The van der Waals surface area contributed by atoms with Crippen molar-refractivity contribution in [2.45, 2.75) is 31.7 Å². The first-order valence-corrected chi connectivity index (χ1v) is 9.89. The van der Waals surface area contributed by atoms with Crippen LogP contribution in [-0.2, 0) is 18.8 Å². The smallest absolute Gasteiger partial charge is 0.403 e. The first-order chi connectivity index (χ1) is 15.5. The highest BCUT2D eigenvalue weighted by Gasteiger charge is 2.38. The normalized spacial score (nSPS) is 14.1. The van der Waals surface area contributed by atoms with Crippen LogP contribution in [0.1, 0.15) is 23.3 Å². The number of allylic oxidation sites excluding steroid dienone is 1. The zero-order valence-electron chi connectivity index (χ0n) is 16.6. The fourth-order valence-electron chi connectivity index (χ4n) is 2.45. The highest BCUT2D eigenvalue weighted by molar-refractivity contribution is 7.15. The van der Waals surface area contributed by atoms with E-state index >= 15 is 0 Å². The zero-order valence-corrected chi connectivity index (χ0v) is 17.5. The van der Waals surface area contributed by atoms with Crippen LogP contribution in [-0.4, -0.2) is 32.6 Å². The second kappa shape index (κ2) is 9.56. The molecule has 0 radical (unpaired) electrons. The number of nitrogens with two attached hydrogens (primary N) is 1. The van der Waals surface area contributed by atoms with Gasteiger partial charge in [-0.05, 0) is 25.1 Å². The molecule has 3 N–H and O–H groups in total. The molecular weight excluding hydrogens is 476 g/mol. The number of thiophene rings is 1. The maximum atomic E-state index is 12.8. The van der Waals surface area contributed by atoms with Crippen molar-refractivity contribution in [1.82, 2.24) is 20.3 Å². The van der Waals surface area contributed by atoms with Crippen molar-refractivity contribution in [3.8, 4) is 10.7 Å². The number of halogens is 6. The van der Waals surface area contributed by atoms with Crippen LogP contribution in [0.4, 0.5) is 32.2 Å². The van der Waals surface area contributed by atoms with E-state index in [1.54, 1.807) is 19.1 Å². The number of aromatic nitrogens is 4. The first kappa shape index (κ1) is 24.2. The Morgan fingerprint density at radius 1 is 1.24 bits per heavy atom. The third-order valence-corrected chi connectivity index (χ3v) is 5.05. The van der Waals surface area contributed by atoms with Crippen molar-refractivity contribution in [3.05, 3.63) is 52.6 Å². The summed E-state index contributed by atoms with van der Waals surface area (Å²) in [5, 5.41) is 12.8. The Kier molecular flexibility index (Phi) is 7.00. The molecule has 3 heterocycles. The van der Waals surface area contributed by atoms with Crippen LogP contribution in [0.2, 0.25) is 0 Å². The van der Waals surface area contributed by atoms with Crippen LogP contribution in [0.3, 0.4) is 0 Å². The van der Waals surface area contributed by atoms with Gasteiger partial charge < -0.3 is 15.6 Å². The summed E-state index contributed by atoms with van der Waals surface area (Å²) in [5.41, 5.74) is 4.71. The van der Waals surface area contributed by atoms with Gasteiger partial charge >= 0.3 is 18.2 Å². The molecule has 0 aliphatic heterocycles. The van der Waals surface area contributed by atoms with Crippen molar-refractivity contribution in [2.24, 2.45) is 10.7 Å². The predicted molar refractivity (Wildman–Crippen MR) is 107 cm³/mol. The van der Waals surface area contributed by atoms with E-state index in [2.05, 4.69) is 35.2 Å². The molecule has 33 heavy (non-hydrogen) atoms. The molecule has 0 bridgehead atoms. The third-order valence-electron chi connectivity index (χ3n) is 3.95. The van der Waals surface area contributed by atoms with Crippen LogP contribution >= 0.6 is 11.3 Å². The molecule has 0 aromatic carbocycles. The molecule has 0 aliphatic carbocycles. The Morgan fingerprint density at radius 3 is 2.64 bits per heavy atom. The van der Waals surface area contributed by atoms with Gasteiger partial charge in [-0.1, -0.05) is 5.16 Å². The number of anilines is 1. The van der Waals surface area contributed by atoms with Crippen molar-refractivity contribution >= 4 is 23.4 Å². The number of rotatable bonds is 7. The minimum Gasteiger partial charge on any atom is -0.403 e. The molecule has 176 valence electrons. The molecule has 15 heteroatoms. The summed E-state index contributed by atoms with van der Waals surface area (Å²) in [6, 6.07) is 3.76. The summed E-state index contributed by atoms with van der Waals surface area (Å²) in [4.78, 5) is 8.81. The standard InChI is InChI=1S/C18H15F6N7OS/c1-9(4-12-2-3-13(33-12)15-29-16(32-31-15)18(22,23)24)26-8-11(6-25)28-14-5-10(7-27-30-14)17(19,20)21/h2-3,5-9H,4,25H2,1H3,(H,28,30)/b11-6+,26-8?. The molecule has 0 saturated carbocycles. The van der Waals surface area contributed by atoms with Gasteiger partial charge in [0, 0.05) is 23.7 Å². The van der Waals surface area contributed by atoms with E-state index in [0.29, 0.717) is 17.5 Å². The summed E-state index contributed by atoms with van der Waals surface area (Å²) < 4.78 is 80.4. The number of hydrogen-bond acceptors (Lipinski definition) is 9. The molecule has 0 fully saturated rings. The maximum absolute atomic E-state index is 12.8. The van der Waals surface area contributed by atoms with E-state index in [0.717, 1.165) is 17.1 Å². The van der Waals surface area contributed by atoms with Crippen LogP contribution < -0.4 is 11.1 Å². The Balaban J connectivity index is 1.61. The summed E-state index contributed by atoms with van der Waals surface area (Å²) >= 11 is 1.18. The Bertz CT molecular complexity index is 1150. The van der Waals surface area contributed by atoms with E-state index in [1.807, 2.05) is 0 Å². The van der Waals surface area contributed by atoms with Gasteiger partial charge in [0.1, 0.15) is 0 Å². The minimum atomic E-state index is -4.73. The lowest BCUT2D eigenvalue weighted by atomic mass is 10.2. The third kappa shape index (κ3) is 6.50. The molecule has 0 amide bonds. The SMILES string of the molecule is CC(Cc1ccc(-c2noc(C(F)(F)F)n2)s1)N=C/C(=C\N)Nc1cc(C(F)(F)F)cnn1. The lowest BCUT2D eigenvalue weighted by molar-refractivity contribution is -0.159. The van der Waals surface area contributed by atoms with Crippen LogP contribution in [0, 0.1) is 0 Å². The van der Waals surface area contributed by atoms with E-state index in [1.165, 1.54) is 17.6 Å². The summed E-state index contributed by atoms with van der Waals surface area (Å²) in [7, 11) is 0. The highest BCUT2D eigenvalue weighted by Crippen LogP contribution is 2.32. The van der Waals surface area contributed by atoms with Crippen molar-refractivity contribution < 1.29 is 30.9 Å². The largest absolute Gasteiger partial charge is 0.471 e. The van der Waals surface area contributed by atoms with Gasteiger partial charge in [-0.3, -0.25) is 4.99 Å². The van der Waals surface area contributed by atoms with E-state index < -0.39 is 23.8 Å². The molecule has 3 aromatic rings. The van der Waals surface area contributed by atoms with Crippen molar-refractivity contribution in [2.75, 3.05) is 5.32 Å². The second-order valence-electron chi connectivity index (χ2n) is 6.59. The van der Waals surface area contributed by atoms with Crippen molar-refractivity contribution in [1.29, 1.82) is 0 Å². The molecule has 1 atom stereocenters. The molecule has 0 aliphatic rings. The second-order valence-corrected chi connectivity index (χ2v) is 7.76. The average molecular weight is 491 g/mol. The van der Waals surface area contributed by atoms with Gasteiger partial charge in [0.2, 0.25) is 5.82 Å². The van der Waals surface area contributed by atoms with Gasteiger partial charge in [0.15, 0.2) is 5.82 Å². The lowest BCUT2D eigenvalue weighted by Gasteiger charge is -2.09. The highest BCUT2D eigenvalue weighted by atomic mass is 32.1. The minimum absolute atomic E-state index is 0.165. The lowest BCUT2D eigenvalue weighted by Crippen LogP contribution is -2.11. The fourth-order valence-corrected chi connectivity index (χ4v) is 3.50. The van der Waals surface area contributed by atoms with Gasteiger partial charge in [-0.25, -0.2) is 0 Å². The van der Waals surface area contributed by atoms with Crippen molar-refractivity contribution in [3.63, 3.8) is 0 Å². The van der Waals surface area contributed by atoms with E-state index in [4.69, 9.17) is 5.73 Å². The zero-order chi connectivity index (χ0) is 24.2. The predicted octanol–water partition coefficient (Wildman–Crippen LogP) is 4.54. The van der Waals surface area contributed by atoms with Gasteiger partial charge in [-0.15, -0.1) is 16.4 Å². The molecule has 8 nitrogen and oxygen atoms in total. The molecule has 0 spiro atoms. The Hall–Kier alpha value is -3.49. The molecule has 1 unspecified atom stereocenters. The molecular formula is C18H15F6N7OS. The van der Waals surface area contributed by atoms with Gasteiger partial charge in [0.25, 0.3) is 0 Å². The fraction of sp³-hybridized carbons (Fsp3) is 0.278. The number of nitrogens with zero attached hydrogens (tertiary/aromatic N) is 5. The van der Waals surface area contributed by atoms with Gasteiger partial charge in [-0.2, -0.15) is 36.4 Å². The topological polar surface area (TPSA) is 115 Å². The first-order valence-electron chi connectivity index (χ1n) is 9.07. The summed E-state index contributed by atoms with van der Waals surface area (Å²) in [6.07, 6.45) is -5.84. The van der Waals surface area contributed by atoms with Crippen LogP contribution in [0.25, 0.3) is 10.7 Å². The molecule has 3 aromatic heterocycles. The average Bonchev–Trinajstić information content (AvgIpc) is 3.40. The van der Waals surface area contributed by atoms with Crippen LogP contribution in [0.15, 0.2) is 45.8 Å². The van der Waals surface area contributed by atoms with Crippen LogP contribution in [0.5, 0.6) is 0 Å². The number of nitrogens with one attached hydrogen (secondary N) is 1. The quantitative estimate of drug-likeness (QED) is 0.368.